The SMILES string of the molecule is CCc1ccc2c(c1)c(C(C)=O)c(Cl)n2CCOC. The fourth-order valence-corrected chi connectivity index (χ4v) is 2.74. The molecular weight excluding hydrogens is 262 g/mol. The van der Waals surface area contributed by atoms with Crippen molar-refractivity contribution in [3.8, 4) is 0 Å². The number of ketones is 1. The van der Waals surface area contributed by atoms with E-state index in [0.717, 1.165) is 17.3 Å². The van der Waals surface area contributed by atoms with Gasteiger partial charge in [-0.3, -0.25) is 4.79 Å². The van der Waals surface area contributed by atoms with Crippen LogP contribution >= 0.6 is 11.6 Å². The summed E-state index contributed by atoms with van der Waals surface area (Å²) in [5.74, 6) is -0.000537. The van der Waals surface area contributed by atoms with Gasteiger partial charge in [-0.2, -0.15) is 0 Å². The predicted molar refractivity (Wildman–Crippen MR) is 78.2 cm³/mol. The molecule has 1 aromatic heterocycles. The largest absolute Gasteiger partial charge is 0.383 e. The van der Waals surface area contributed by atoms with Crippen molar-refractivity contribution in [2.45, 2.75) is 26.8 Å². The highest BCUT2D eigenvalue weighted by Crippen LogP contribution is 2.31. The van der Waals surface area contributed by atoms with Crippen LogP contribution in [0.25, 0.3) is 10.9 Å². The highest BCUT2D eigenvalue weighted by atomic mass is 35.5. The molecule has 1 heterocycles. The minimum atomic E-state index is -0.000537. The van der Waals surface area contributed by atoms with Gasteiger partial charge in [-0.05, 0) is 31.0 Å². The first-order valence-corrected chi connectivity index (χ1v) is 6.78. The van der Waals surface area contributed by atoms with Crippen molar-refractivity contribution < 1.29 is 9.53 Å². The third kappa shape index (κ3) is 2.53. The van der Waals surface area contributed by atoms with Crippen LogP contribution in [0.4, 0.5) is 0 Å². The molecule has 1 aromatic carbocycles. The Kier molecular flexibility index (Phi) is 4.27. The summed E-state index contributed by atoms with van der Waals surface area (Å²) in [5, 5.41) is 1.45. The second kappa shape index (κ2) is 5.76. The van der Waals surface area contributed by atoms with Gasteiger partial charge in [-0.25, -0.2) is 0 Å². The van der Waals surface area contributed by atoms with E-state index in [1.165, 1.54) is 5.56 Å². The van der Waals surface area contributed by atoms with Crippen LogP contribution in [-0.2, 0) is 17.7 Å². The first-order valence-electron chi connectivity index (χ1n) is 6.40. The summed E-state index contributed by atoms with van der Waals surface area (Å²) in [6.45, 7) is 4.86. The Hall–Kier alpha value is -1.32. The zero-order valence-electron chi connectivity index (χ0n) is 11.5. The minimum absolute atomic E-state index is 0.000537. The van der Waals surface area contributed by atoms with Crippen LogP contribution in [0, 0.1) is 0 Å². The number of aryl methyl sites for hydroxylation is 1. The Morgan fingerprint density at radius 3 is 2.74 bits per heavy atom. The van der Waals surface area contributed by atoms with E-state index < -0.39 is 0 Å². The summed E-state index contributed by atoms with van der Waals surface area (Å²) in [5.41, 5.74) is 2.81. The average Bonchev–Trinajstić information content (AvgIpc) is 2.67. The number of hydrogen-bond acceptors (Lipinski definition) is 2. The molecule has 4 heteroatoms. The molecular formula is C15H18ClNO2. The molecule has 0 radical (unpaired) electrons. The molecule has 0 aliphatic carbocycles. The molecule has 19 heavy (non-hydrogen) atoms. The van der Waals surface area contributed by atoms with Crippen LogP contribution in [-0.4, -0.2) is 24.1 Å². The van der Waals surface area contributed by atoms with E-state index in [2.05, 4.69) is 19.1 Å². The molecule has 0 spiro atoms. The number of carbonyl (C=O) groups excluding carboxylic acids is 1. The van der Waals surface area contributed by atoms with Gasteiger partial charge < -0.3 is 9.30 Å². The van der Waals surface area contributed by atoms with E-state index in [4.69, 9.17) is 16.3 Å². The average molecular weight is 280 g/mol. The quantitative estimate of drug-likeness (QED) is 0.782. The van der Waals surface area contributed by atoms with Gasteiger partial charge in [-0.15, -0.1) is 0 Å². The number of ether oxygens (including phenoxy) is 1. The van der Waals surface area contributed by atoms with Crippen LogP contribution in [0.3, 0.4) is 0 Å². The molecule has 0 amide bonds. The minimum Gasteiger partial charge on any atom is -0.383 e. The fraction of sp³-hybridized carbons (Fsp3) is 0.400. The van der Waals surface area contributed by atoms with Crippen LogP contribution in [0.5, 0.6) is 0 Å². The van der Waals surface area contributed by atoms with Crippen molar-refractivity contribution >= 4 is 28.3 Å². The molecule has 0 aliphatic heterocycles. The standard InChI is InChI=1S/C15H18ClNO2/c1-4-11-5-6-13-12(9-11)14(10(2)18)15(16)17(13)7-8-19-3/h5-6,9H,4,7-8H2,1-3H3. The summed E-state index contributed by atoms with van der Waals surface area (Å²) < 4.78 is 7.04. The van der Waals surface area contributed by atoms with Crippen molar-refractivity contribution in [3.05, 3.63) is 34.5 Å². The smallest absolute Gasteiger partial charge is 0.163 e. The summed E-state index contributed by atoms with van der Waals surface area (Å²) in [6, 6.07) is 6.16. The van der Waals surface area contributed by atoms with Gasteiger partial charge in [0.05, 0.1) is 17.7 Å². The number of Topliss-reactive ketones (excluding diaryl/α,β-unsaturated/α-hetero) is 1. The van der Waals surface area contributed by atoms with E-state index in [1.54, 1.807) is 14.0 Å². The van der Waals surface area contributed by atoms with Gasteiger partial charge in [0.15, 0.2) is 5.78 Å². The lowest BCUT2D eigenvalue weighted by Gasteiger charge is -2.06. The van der Waals surface area contributed by atoms with E-state index in [-0.39, 0.29) is 5.78 Å². The van der Waals surface area contributed by atoms with E-state index in [1.807, 2.05) is 10.6 Å². The number of rotatable bonds is 5. The van der Waals surface area contributed by atoms with Crippen LogP contribution in [0.2, 0.25) is 5.15 Å². The molecule has 0 N–H and O–H groups in total. The summed E-state index contributed by atoms with van der Waals surface area (Å²) in [7, 11) is 1.65. The Labute approximate surface area is 118 Å². The first-order chi connectivity index (χ1) is 9.10. The fourth-order valence-electron chi connectivity index (χ4n) is 2.33. The number of fused-ring (bicyclic) bond motifs is 1. The number of aromatic nitrogens is 1. The summed E-state index contributed by atoms with van der Waals surface area (Å²) in [4.78, 5) is 11.8. The maximum Gasteiger partial charge on any atom is 0.163 e. The lowest BCUT2D eigenvalue weighted by molar-refractivity contribution is 0.101. The Bertz CT molecular complexity index is 616. The van der Waals surface area contributed by atoms with Crippen LogP contribution in [0.1, 0.15) is 29.8 Å². The molecule has 0 saturated carbocycles. The molecule has 0 saturated heterocycles. The van der Waals surface area contributed by atoms with Gasteiger partial charge in [-0.1, -0.05) is 24.6 Å². The topological polar surface area (TPSA) is 31.2 Å². The summed E-state index contributed by atoms with van der Waals surface area (Å²) >= 11 is 6.37. The number of hydrogen-bond donors (Lipinski definition) is 0. The van der Waals surface area contributed by atoms with Crippen molar-refractivity contribution in [2.24, 2.45) is 0 Å². The lowest BCUT2D eigenvalue weighted by atomic mass is 10.1. The monoisotopic (exact) mass is 279 g/mol. The van der Waals surface area contributed by atoms with Crippen molar-refractivity contribution in [3.63, 3.8) is 0 Å². The van der Waals surface area contributed by atoms with Crippen molar-refractivity contribution in [1.29, 1.82) is 0 Å². The number of benzene rings is 1. The van der Waals surface area contributed by atoms with Gasteiger partial charge in [0.25, 0.3) is 0 Å². The second-order valence-corrected chi connectivity index (χ2v) is 4.93. The highest BCUT2D eigenvalue weighted by Gasteiger charge is 2.18. The van der Waals surface area contributed by atoms with Crippen LogP contribution < -0.4 is 0 Å². The van der Waals surface area contributed by atoms with Crippen molar-refractivity contribution in [2.75, 3.05) is 13.7 Å². The van der Waals surface area contributed by atoms with E-state index in [0.29, 0.717) is 23.9 Å². The van der Waals surface area contributed by atoms with Crippen LogP contribution in [0.15, 0.2) is 18.2 Å². The molecule has 2 aromatic rings. The summed E-state index contributed by atoms with van der Waals surface area (Å²) in [6.07, 6.45) is 0.939. The molecule has 0 unspecified atom stereocenters. The third-order valence-corrected chi connectivity index (χ3v) is 3.74. The molecule has 0 atom stereocenters. The molecule has 0 aliphatic rings. The Morgan fingerprint density at radius 2 is 2.16 bits per heavy atom. The molecule has 2 rings (SSSR count). The van der Waals surface area contributed by atoms with E-state index in [9.17, 15) is 4.79 Å². The lowest BCUT2D eigenvalue weighted by Crippen LogP contribution is -2.04. The Morgan fingerprint density at radius 1 is 1.42 bits per heavy atom. The maximum atomic E-state index is 11.8. The number of carbonyl (C=O) groups is 1. The van der Waals surface area contributed by atoms with E-state index >= 15 is 0 Å². The van der Waals surface area contributed by atoms with Gasteiger partial charge in [0.2, 0.25) is 0 Å². The maximum absolute atomic E-state index is 11.8. The molecule has 3 nitrogen and oxygen atoms in total. The Balaban J connectivity index is 2.68. The van der Waals surface area contributed by atoms with Gasteiger partial charge >= 0.3 is 0 Å². The predicted octanol–water partition coefficient (Wildman–Crippen LogP) is 3.71. The highest BCUT2D eigenvalue weighted by molar-refractivity contribution is 6.35. The van der Waals surface area contributed by atoms with Gasteiger partial charge in [0, 0.05) is 19.0 Å². The number of nitrogens with zero attached hydrogens (tertiary/aromatic N) is 1. The molecule has 0 bridgehead atoms. The normalized spacial score (nSPS) is 11.2. The zero-order chi connectivity index (χ0) is 14.0. The molecule has 0 fully saturated rings. The molecule has 102 valence electrons. The zero-order valence-corrected chi connectivity index (χ0v) is 12.3. The first kappa shape index (κ1) is 14.1. The van der Waals surface area contributed by atoms with Gasteiger partial charge in [0.1, 0.15) is 5.15 Å². The number of halogens is 1. The number of methoxy groups -OCH3 is 1. The van der Waals surface area contributed by atoms with Crippen molar-refractivity contribution in [1.82, 2.24) is 4.57 Å². The second-order valence-electron chi connectivity index (χ2n) is 4.57. The third-order valence-electron chi connectivity index (χ3n) is 3.34.